The Kier molecular flexibility index (Phi) is 5.80. The van der Waals surface area contributed by atoms with E-state index in [1.165, 1.54) is 30.0 Å². The number of thioether (sulfide) groups is 1. The fourth-order valence-corrected chi connectivity index (χ4v) is 3.33. The second kappa shape index (κ2) is 8.07. The summed E-state index contributed by atoms with van der Waals surface area (Å²) >= 11 is 12.9. The minimum atomic E-state index is -0.536. The smallest absolute Gasteiger partial charge is 0.234 e. The van der Waals surface area contributed by atoms with Crippen LogP contribution in [0.1, 0.15) is 5.82 Å². The largest absolute Gasteiger partial charge is 0.325 e. The molecule has 1 heterocycles. The molecule has 0 bridgehead atoms. The van der Waals surface area contributed by atoms with Crippen LogP contribution in [0, 0.1) is 12.7 Å². The molecule has 0 fully saturated rings. The van der Waals surface area contributed by atoms with Crippen LogP contribution in [0.3, 0.4) is 0 Å². The van der Waals surface area contributed by atoms with Crippen LogP contribution in [0.25, 0.3) is 5.69 Å². The first-order valence-corrected chi connectivity index (χ1v) is 9.24. The molecule has 3 aromatic rings. The lowest BCUT2D eigenvalue weighted by Gasteiger charge is -2.09. The molecule has 0 aliphatic heterocycles. The number of hydrogen-bond acceptors (Lipinski definition) is 4. The Balaban J connectivity index is 1.69. The second-order valence-electron chi connectivity index (χ2n) is 5.31. The lowest BCUT2D eigenvalue weighted by Crippen LogP contribution is -2.14. The van der Waals surface area contributed by atoms with Gasteiger partial charge < -0.3 is 5.32 Å². The topological polar surface area (TPSA) is 59.8 Å². The summed E-state index contributed by atoms with van der Waals surface area (Å²) in [7, 11) is 0. The molecule has 1 aromatic heterocycles. The van der Waals surface area contributed by atoms with Gasteiger partial charge in [0.1, 0.15) is 11.6 Å². The third-order valence-electron chi connectivity index (χ3n) is 3.42. The number of carbonyl (C=O) groups is 1. The molecule has 0 saturated carbocycles. The number of benzene rings is 2. The molecular formula is C17H13Cl2FN4OS. The fourth-order valence-electron chi connectivity index (χ4n) is 2.22. The van der Waals surface area contributed by atoms with Gasteiger partial charge in [-0.2, -0.15) is 0 Å². The zero-order valence-corrected chi connectivity index (χ0v) is 15.9. The molecule has 0 radical (unpaired) electrons. The summed E-state index contributed by atoms with van der Waals surface area (Å²) in [5.41, 5.74) is 1.28. The summed E-state index contributed by atoms with van der Waals surface area (Å²) in [5.74, 6) is 0.00730. The van der Waals surface area contributed by atoms with Crippen LogP contribution in [0.15, 0.2) is 47.6 Å². The van der Waals surface area contributed by atoms with Gasteiger partial charge in [-0.3, -0.25) is 9.36 Å². The van der Waals surface area contributed by atoms with Crippen LogP contribution in [0.5, 0.6) is 0 Å². The number of nitrogens with one attached hydrogen (secondary N) is 1. The zero-order valence-electron chi connectivity index (χ0n) is 13.5. The normalized spacial score (nSPS) is 10.8. The lowest BCUT2D eigenvalue weighted by atomic mass is 10.3. The molecule has 134 valence electrons. The molecule has 9 heteroatoms. The van der Waals surface area contributed by atoms with Crippen molar-refractivity contribution in [2.75, 3.05) is 11.1 Å². The predicted octanol–water partition coefficient (Wildman–Crippen LogP) is 4.75. The zero-order chi connectivity index (χ0) is 18.7. The van der Waals surface area contributed by atoms with Crippen molar-refractivity contribution in [3.8, 4) is 5.69 Å². The maximum atomic E-state index is 13.2. The molecule has 0 unspecified atom stereocenters. The maximum absolute atomic E-state index is 13.2. The van der Waals surface area contributed by atoms with Crippen LogP contribution in [-0.4, -0.2) is 26.4 Å². The van der Waals surface area contributed by atoms with Gasteiger partial charge in [0.2, 0.25) is 5.91 Å². The summed E-state index contributed by atoms with van der Waals surface area (Å²) < 4.78 is 15.0. The van der Waals surface area contributed by atoms with Crippen molar-refractivity contribution >= 4 is 46.6 Å². The highest BCUT2D eigenvalue weighted by Crippen LogP contribution is 2.24. The number of rotatable bonds is 5. The van der Waals surface area contributed by atoms with E-state index >= 15 is 0 Å². The molecular weight excluding hydrogens is 398 g/mol. The number of nitrogens with zero attached hydrogens (tertiary/aromatic N) is 3. The van der Waals surface area contributed by atoms with Crippen LogP contribution >= 0.6 is 35.0 Å². The van der Waals surface area contributed by atoms with Gasteiger partial charge in [0.25, 0.3) is 0 Å². The summed E-state index contributed by atoms with van der Waals surface area (Å²) in [4.78, 5) is 12.1. The standard InChI is InChI=1S/C17H13Cl2FN4OS/c1-10-22-23-17(24(10)13-5-2-11(18)3-6-13)26-9-16(25)21-12-4-7-15(20)14(19)8-12/h2-8H,9H2,1H3,(H,21,25). The summed E-state index contributed by atoms with van der Waals surface area (Å²) in [6.07, 6.45) is 0. The van der Waals surface area contributed by atoms with E-state index in [0.717, 1.165) is 5.69 Å². The minimum absolute atomic E-state index is 0.0476. The van der Waals surface area contributed by atoms with Crippen molar-refractivity contribution < 1.29 is 9.18 Å². The Bertz CT molecular complexity index is 946. The van der Waals surface area contributed by atoms with Crippen LogP contribution in [-0.2, 0) is 4.79 Å². The lowest BCUT2D eigenvalue weighted by molar-refractivity contribution is -0.113. The van der Waals surface area contributed by atoms with Crippen molar-refractivity contribution in [3.05, 3.63) is 64.2 Å². The van der Waals surface area contributed by atoms with E-state index in [4.69, 9.17) is 23.2 Å². The molecule has 1 amide bonds. The van der Waals surface area contributed by atoms with Gasteiger partial charge in [-0.15, -0.1) is 10.2 Å². The second-order valence-corrected chi connectivity index (χ2v) is 7.09. The monoisotopic (exact) mass is 410 g/mol. The average Bonchev–Trinajstić information content (AvgIpc) is 2.98. The SMILES string of the molecule is Cc1nnc(SCC(=O)Nc2ccc(F)c(Cl)c2)n1-c1ccc(Cl)cc1. The van der Waals surface area contributed by atoms with E-state index in [1.54, 1.807) is 12.1 Å². The molecule has 3 rings (SSSR count). The molecule has 0 aliphatic rings. The molecule has 0 aliphatic carbocycles. The summed E-state index contributed by atoms with van der Waals surface area (Å²) in [6.45, 7) is 1.83. The molecule has 0 saturated heterocycles. The number of aromatic nitrogens is 3. The molecule has 1 N–H and O–H groups in total. The van der Waals surface area contributed by atoms with Crippen molar-refractivity contribution in [1.29, 1.82) is 0 Å². The Morgan fingerprint density at radius 3 is 2.62 bits per heavy atom. The van der Waals surface area contributed by atoms with Crippen molar-refractivity contribution in [2.24, 2.45) is 0 Å². The number of aryl methyl sites for hydroxylation is 1. The maximum Gasteiger partial charge on any atom is 0.234 e. The Hall–Kier alpha value is -2.09. The van der Waals surface area contributed by atoms with E-state index in [-0.39, 0.29) is 16.7 Å². The first-order chi connectivity index (χ1) is 12.4. The predicted molar refractivity (Wildman–Crippen MR) is 102 cm³/mol. The first kappa shape index (κ1) is 18.7. The highest BCUT2D eigenvalue weighted by atomic mass is 35.5. The number of amides is 1. The van der Waals surface area contributed by atoms with Gasteiger partial charge in [0.15, 0.2) is 5.16 Å². The third kappa shape index (κ3) is 4.35. The van der Waals surface area contributed by atoms with Crippen LogP contribution < -0.4 is 5.32 Å². The number of carbonyl (C=O) groups excluding carboxylic acids is 1. The van der Waals surface area contributed by atoms with Gasteiger partial charge in [0, 0.05) is 16.4 Å². The van der Waals surface area contributed by atoms with Crippen molar-refractivity contribution in [2.45, 2.75) is 12.1 Å². The molecule has 2 aromatic carbocycles. The van der Waals surface area contributed by atoms with Gasteiger partial charge in [-0.25, -0.2) is 4.39 Å². The molecule has 5 nitrogen and oxygen atoms in total. The van der Waals surface area contributed by atoms with Gasteiger partial charge >= 0.3 is 0 Å². The number of halogens is 3. The highest BCUT2D eigenvalue weighted by Gasteiger charge is 2.14. The fraction of sp³-hybridized carbons (Fsp3) is 0.118. The Labute approximate surface area is 163 Å². The number of anilines is 1. The van der Waals surface area contributed by atoms with Crippen LogP contribution in [0.4, 0.5) is 10.1 Å². The van der Waals surface area contributed by atoms with Gasteiger partial charge in [-0.05, 0) is 49.4 Å². The molecule has 0 spiro atoms. The first-order valence-electron chi connectivity index (χ1n) is 7.49. The molecule has 0 atom stereocenters. The van der Waals surface area contributed by atoms with Gasteiger partial charge in [-0.1, -0.05) is 35.0 Å². The average molecular weight is 411 g/mol. The van der Waals surface area contributed by atoms with E-state index in [0.29, 0.717) is 21.7 Å². The van der Waals surface area contributed by atoms with Crippen LogP contribution in [0.2, 0.25) is 10.0 Å². The quantitative estimate of drug-likeness (QED) is 0.616. The summed E-state index contributed by atoms with van der Waals surface area (Å²) in [6, 6.07) is 11.3. The Morgan fingerprint density at radius 1 is 1.19 bits per heavy atom. The van der Waals surface area contributed by atoms with Gasteiger partial charge in [0.05, 0.1) is 10.8 Å². The van der Waals surface area contributed by atoms with Crippen molar-refractivity contribution in [3.63, 3.8) is 0 Å². The Morgan fingerprint density at radius 2 is 1.92 bits per heavy atom. The van der Waals surface area contributed by atoms with E-state index in [2.05, 4.69) is 15.5 Å². The highest BCUT2D eigenvalue weighted by molar-refractivity contribution is 7.99. The van der Waals surface area contributed by atoms with Crippen molar-refractivity contribution in [1.82, 2.24) is 14.8 Å². The summed E-state index contributed by atoms with van der Waals surface area (Å²) in [5, 5.41) is 12.0. The van der Waals surface area contributed by atoms with E-state index < -0.39 is 5.82 Å². The number of hydrogen-bond donors (Lipinski definition) is 1. The minimum Gasteiger partial charge on any atom is -0.325 e. The van der Waals surface area contributed by atoms with E-state index in [1.807, 2.05) is 23.6 Å². The molecule has 26 heavy (non-hydrogen) atoms. The van der Waals surface area contributed by atoms with E-state index in [9.17, 15) is 9.18 Å². The third-order valence-corrected chi connectivity index (χ3v) is 4.89.